The molecule has 0 heterocycles. The lowest BCUT2D eigenvalue weighted by Crippen LogP contribution is -2.09. The molecule has 0 aliphatic heterocycles. The number of aliphatic hydroxyl groups is 1. The summed E-state index contributed by atoms with van der Waals surface area (Å²) in [6.07, 6.45) is 1.05. The molecule has 0 aromatic heterocycles. The van der Waals surface area contributed by atoms with Gasteiger partial charge in [0.05, 0.1) is 20.3 Å². The molecule has 1 atom stereocenters. The van der Waals surface area contributed by atoms with Crippen LogP contribution in [0, 0.1) is 0 Å². The fourth-order valence-electron chi connectivity index (χ4n) is 1.42. The molecule has 3 nitrogen and oxygen atoms in total. The first-order valence-corrected chi connectivity index (χ1v) is 5.10. The second kappa shape index (κ2) is 5.61. The summed E-state index contributed by atoms with van der Waals surface area (Å²) in [6.45, 7) is 1.96. The lowest BCUT2D eigenvalue weighted by atomic mass is 10.1. The summed E-state index contributed by atoms with van der Waals surface area (Å²) in [4.78, 5) is 0. The average molecular weight is 210 g/mol. The molecule has 1 rings (SSSR count). The molecule has 15 heavy (non-hydrogen) atoms. The number of aliphatic hydroxyl groups excluding tert-OH is 1. The van der Waals surface area contributed by atoms with Gasteiger partial charge in [0.15, 0.2) is 0 Å². The number of methoxy groups -OCH3 is 2. The first-order valence-electron chi connectivity index (χ1n) is 5.10. The molecule has 0 radical (unpaired) electrons. The van der Waals surface area contributed by atoms with Gasteiger partial charge in [0.25, 0.3) is 0 Å². The lowest BCUT2D eigenvalue weighted by molar-refractivity contribution is 0.169. The molecular formula is C12H18O3. The molecule has 0 spiro atoms. The van der Waals surface area contributed by atoms with Gasteiger partial charge in [-0.25, -0.2) is 0 Å². The third-order valence-electron chi connectivity index (χ3n) is 2.42. The Morgan fingerprint density at radius 2 is 2.00 bits per heavy atom. The lowest BCUT2D eigenvalue weighted by Gasteiger charge is -2.12. The molecule has 1 aromatic rings. The molecule has 0 aliphatic rings. The Balaban J connectivity index is 2.87. The summed E-state index contributed by atoms with van der Waals surface area (Å²) in [5.41, 5.74) is 1.01. The van der Waals surface area contributed by atoms with E-state index in [4.69, 9.17) is 9.47 Å². The van der Waals surface area contributed by atoms with Crippen molar-refractivity contribution in [1.82, 2.24) is 0 Å². The van der Waals surface area contributed by atoms with E-state index >= 15 is 0 Å². The van der Waals surface area contributed by atoms with Gasteiger partial charge in [0, 0.05) is 12.5 Å². The molecule has 0 aliphatic carbocycles. The predicted molar refractivity (Wildman–Crippen MR) is 59.5 cm³/mol. The van der Waals surface area contributed by atoms with Gasteiger partial charge >= 0.3 is 0 Å². The van der Waals surface area contributed by atoms with Crippen molar-refractivity contribution in [1.29, 1.82) is 0 Å². The highest BCUT2D eigenvalue weighted by molar-refractivity contribution is 5.41. The summed E-state index contributed by atoms with van der Waals surface area (Å²) in [7, 11) is 3.24. The van der Waals surface area contributed by atoms with Gasteiger partial charge in [0.1, 0.15) is 11.5 Å². The van der Waals surface area contributed by atoms with Gasteiger partial charge in [-0.2, -0.15) is 0 Å². The van der Waals surface area contributed by atoms with Gasteiger partial charge < -0.3 is 14.6 Å². The van der Waals surface area contributed by atoms with Gasteiger partial charge in [0.2, 0.25) is 0 Å². The molecule has 3 heteroatoms. The van der Waals surface area contributed by atoms with Gasteiger partial charge in [-0.3, -0.25) is 0 Å². The maximum atomic E-state index is 9.57. The number of ether oxygens (including phenoxy) is 2. The molecular weight excluding hydrogens is 192 g/mol. The first kappa shape index (κ1) is 11.9. The van der Waals surface area contributed by atoms with Crippen LogP contribution >= 0.6 is 0 Å². The number of benzene rings is 1. The van der Waals surface area contributed by atoms with E-state index in [1.165, 1.54) is 0 Å². The maximum Gasteiger partial charge on any atom is 0.125 e. The van der Waals surface area contributed by atoms with E-state index in [0.29, 0.717) is 6.42 Å². The molecule has 0 amide bonds. The average Bonchev–Trinajstić information content (AvgIpc) is 2.29. The van der Waals surface area contributed by atoms with E-state index in [1.54, 1.807) is 14.2 Å². The van der Waals surface area contributed by atoms with Crippen molar-refractivity contribution in [3.63, 3.8) is 0 Å². The zero-order valence-electron chi connectivity index (χ0n) is 9.49. The van der Waals surface area contributed by atoms with Gasteiger partial charge in [-0.15, -0.1) is 0 Å². The van der Waals surface area contributed by atoms with Crippen molar-refractivity contribution in [2.24, 2.45) is 0 Å². The second-order valence-corrected chi connectivity index (χ2v) is 3.44. The van der Waals surface area contributed by atoms with E-state index in [1.807, 2.05) is 25.1 Å². The smallest absolute Gasteiger partial charge is 0.125 e. The molecule has 1 aromatic carbocycles. The Labute approximate surface area is 90.6 Å². The third kappa shape index (κ3) is 3.13. The van der Waals surface area contributed by atoms with E-state index in [9.17, 15) is 5.11 Å². The Morgan fingerprint density at radius 3 is 2.53 bits per heavy atom. The predicted octanol–water partition coefficient (Wildman–Crippen LogP) is 2.02. The van der Waals surface area contributed by atoms with Crippen LogP contribution in [-0.2, 0) is 6.42 Å². The number of rotatable bonds is 5. The number of hydrogen-bond acceptors (Lipinski definition) is 3. The quantitative estimate of drug-likeness (QED) is 0.808. The highest BCUT2D eigenvalue weighted by atomic mass is 16.5. The van der Waals surface area contributed by atoms with E-state index < -0.39 is 0 Å². The number of hydrogen-bond donors (Lipinski definition) is 1. The van der Waals surface area contributed by atoms with Crippen LogP contribution in [0.5, 0.6) is 11.5 Å². The Bertz CT molecular complexity index is 310. The largest absolute Gasteiger partial charge is 0.497 e. The Morgan fingerprint density at radius 1 is 1.27 bits per heavy atom. The molecule has 0 saturated carbocycles. The zero-order chi connectivity index (χ0) is 11.3. The summed E-state index contributed by atoms with van der Waals surface area (Å²) in [5.74, 6) is 1.53. The minimum atomic E-state index is -0.313. The van der Waals surface area contributed by atoms with Crippen molar-refractivity contribution in [3.8, 4) is 11.5 Å². The van der Waals surface area contributed by atoms with Crippen LogP contribution < -0.4 is 9.47 Å². The fraction of sp³-hybridized carbons (Fsp3) is 0.500. The van der Waals surface area contributed by atoms with Crippen molar-refractivity contribution in [3.05, 3.63) is 23.8 Å². The Kier molecular flexibility index (Phi) is 4.43. The van der Waals surface area contributed by atoms with Crippen LogP contribution in [0.3, 0.4) is 0 Å². The minimum Gasteiger partial charge on any atom is -0.497 e. The summed E-state index contributed by atoms with van der Waals surface area (Å²) in [6, 6.07) is 5.63. The SMILES string of the molecule is CC[C@@H](O)Cc1ccc(OC)cc1OC. The van der Waals surface area contributed by atoms with Crippen LogP contribution in [0.2, 0.25) is 0 Å². The molecule has 0 bridgehead atoms. The highest BCUT2D eigenvalue weighted by Gasteiger charge is 2.09. The van der Waals surface area contributed by atoms with Crippen molar-refractivity contribution in [2.75, 3.05) is 14.2 Å². The van der Waals surface area contributed by atoms with Gasteiger partial charge in [-0.05, 0) is 18.1 Å². The molecule has 84 valence electrons. The molecule has 0 unspecified atom stereocenters. The normalized spacial score (nSPS) is 12.3. The molecule has 0 saturated heterocycles. The standard InChI is InChI=1S/C12H18O3/c1-4-10(13)7-9-5-6-11(14-2)8-12(9)15-3/h5-6,8,10,13H,4,7H2,1-3H3/t10-/m1/s1. The monoisotopic (exact) mass is 210 g/mol. The Hall–Kier alpha value is -1.22. The maximum absolute atomic E-state index is 9.57. The van der Waals surface area contributed by atoms with Crippen LogP contribution in [0.1, 0.15) is 18.9 Å². The first-order chi connectivity index (χ1) is 7.21. The van der Waals surface area contributed by atoms with E-state index in [-0.39, 0.29) is 6.10 Å². The van der Waals surface area contributed by atoms with E-state index in [2.05, 4.69) is 0 Å². The van der Waals surface area contributed by atoms with Crippen LogP contribution in [0.4, 0.5) is 0 Å². The second-order valence-electron chi connectivity index (χ2n) is 3.44. The highest BCUT2D eigenvalue weighted by Crippen LogP contribution is 2.25. The summed E-state index contributed by atoms with van der Waals surface area (Å²) in [5, 5.41) is 9.57. The molecule has 1 N–H and O–H groups in total. The fourth-order valence-corrected chi connectivity index (χ4v) is 1.42. The molecule has 0 fully saturated rings. The van der Waals surface area contributed by atoms with Crippen molar-refractivity contribution >= 4 is 0 Å². The van der Waals surface area contributed by atoms with Crippen LogP contribution in [0.15, 0.2) is 18.2 Å². The van der Waals surface area contributed by atoms with Crippen LogP contribution in [0.25, 0.3) is 0 Å². The summed E-state index contributed by atoms with van der Waals surface area (Å²) >= 11 is 0. The topological polar surface area (TPSA) is 38.7 Å². The van der Waals surface area contributed by atoms with Gasteiger partial charge in [-0.1, -0.05) is 13.0 Å². The van der Waals surface area contributed by atoms with Crippen molar-refractivity contribution < 1.29 is 14.6 Å². The van der Waals surface area contributed by atoms with Crippen molar-refractivity contribution in [2.45, 2.75) is 25.9 Å². The minimum absolute atomic E-state index is 0.313. The van der Waals surface area contributed by atoms with E-state index in [0.717, 1.165) is 23.5 Å². The zero-order valence-corrected chi connectivity index (χ0v) is 9.49. The summed E-state index contributed by atoms with van der Waals surface area (Å²) < 4.78 is 10.3. The third-order valence-corrected chi connectivity index (χ3v) is 2.42. The van der Waals surface area contributed by atoms with Crippen LogP contribution in [-0.4, -0.2) is 25.4 Å².